The van der Waals surface area contributed by atoms with Gasteiger partial charge in [-0.2, -0.15) is 13.2 Å². The molecule has 0 unspecified atom stereocenters. The topological polar surface area (TPSA) is 96.5 Å². The fourth-order valence-corrected chi connectivity index (χ4v) is 5.08. The molecule has 202 valence electrons. The number of amides is 1. The van der Waals surface area contributed by atoms with Crippen molar-refractivity contribution >= 4 is 45.5 Å². The van der Waals surface area contributed by atoms with Crippen LogP contribution in [0.4, 0.5) is 24.8 Å². The van der Waals surface area contributed by atoms with Gasteiger partial charge in [0.2, 0.25) is 5.95 Å². The maximum absolute atomic E-state index is 13.9. The second-order valence-electron chi connectivity index (χ2n) is 9.66. The first-order chi connectivity index (χ1) is 19.2. The molecule has 0 saturated carbocycles. The number of fused-ring (bicyclic) bond motifs is 3. The lowest BCUT2D eigenvalue weighted by Gasteiger charge is -2.36. The predicted molar refractivity (Wildman–Crippen MR) is 148 cm³/mol. The number of carbonyl (C=O) groups excluding carboxylic acids is 1. The highest BCUT2D eigenvalue weighted by Gasteiger charge is 2.35. The number of aromatic nitrogens is 2. The Kier molecular flexibility index (Phi) is 6.52. The number of carbonyl (C=O) groups is 1. The molecule has 1 aliphatic carbocycles. The Morgan fingerprint density at radius 1 is 1.05 bits per heavy atom. The molecule has 0 atom stereocenters. The maximum atomic E-state index is 13.9. The molecule has 7 nitrogen and oxygen atoms in total. The molecule has 3 aliphatic rings. The van der Waals surface area contributed by atoms with Crippen molar-refractivity contribution in [2.75, 3.05) is 18.4 Å². The van der Waals surface area contributed by atoms with Gasteiger partial charge in [0, 0.05) is 53.9 Å². The van der Waals surface area contributed by atoms with Crippen molar-refractivity contribution in [1.82, 2.24) is 14.9 Å². The minimum Gasteiger partial charge on any atom is -0.335 e. The normalized spacial score (nSPS) is 16.9. The molecule has 0 spiro atoms. The molecule has 2 aromatic carbocycles. The molecule has 1 fully saturated rings. The molecule has 1 saturated heterocycles. The molecule has 1 amide bonds. The van der Waals surface area contributed by atoms with Crippen LogP contribution in [0.15, 0.2) is 83.6 Å². The lowest BCUT2D eigenvalue weighted by molar-refractivity contribution is -0.137. The van der Waals surface area contributed by atoms with Crippen molar-refractivity contribution in [2.24, 2.45) is 10.7 Å². The van der Waals surface area contributed by atoms with Crippen LogP contribution in [-0.2, 0) is 12.6 Å². The Morgan fingerprint density at radius 3 is 2.52 bits per heavy atom. The van der Waals surface area contributed by atoms with Crippen molar-refractivity contribution in [1.29, 1.82) is 0 Å². The second-order valence-corrected chi connectivity index (χ2v) is 10.0. The summed E-state index contributed by atoms with van der Waals surface area (Å²) < 4.78 is 41.7. The number of nitrogens with one attached hydrogen (secondary N) is 1. The predicted octanol–water partition coefficient (Wildman–Crippen LogP) is 5.58. The largest absolute Gasteiger partial charge is 0.417 e. The number of rotatable bonds is 4. The van der Waals surface area contributed by atoms with Crippen molar-refractivity contribution < 1.29 is 18.0 Å². The third-order valence-electron chi connectivity index (χ3n) is 6.91. The maximum Gasteiger partial charge on any atom is 0.417 e. The molecule has 3 heterocycles. The number of benzene rings is 2. The number of nitrogens with zero attached hydrogens (tertiary/aromatic N) is 4. The number of nitrogens with two attached hydrogens (primary N) is 1. The Balaban J connectivity index is 1.30. The highest BCUT2D eigenvalue weighted by atomic mass is 35.5. The van der Waals surface area contributed by atoms with E-state index < -0.39 is 11.7 Å². The number of allylic oxidation sites excluding steroid dienone is 5. The molecule has 3 aromatic rings. The number of anilines is 2. The number of alkyl halides is 3. The first-order valence-corrected chi connectivity index (χ1v) is 12.9. The minimum absolute atomic E-state index is 0.00750. The molecule has 6 rings (SSSR count). The van der Waals surface area contributed by atoms with E-state index in [1.807, 2.05) is 6.08 Å². The number of likely N-dealkylation sites (tertiary alicyclic amines) is 1. The fraction of sp³-hybridized carbons (Fsp3) is 0.172. The standard InChI is InChI=1S/C29H22ClF3N6O/c30-25-11-22(21-3-1-2-4-24(21)29(31,32)33)20-10-7-17-12-36-28(38-26(17)23(20)13-35-25)37-19-8-5-16(6-9-19)27(40)39-14-18(34)15-39/h1-6,8-13,18H,7,14-15,34H2,(H,36,37,38). The lowest BCUT2D eigenvalue weighted by Crippen LogP contribution is -2.57. The van der Waals surface area contributed by atoms with Gasteiger partial charge < -0.3 is 16.0 Å². The summed E-state index contributed by atoms with van der Waals surface area (Å²) in [4.78, 5) is 27.6. The molecular formula is C29H22ClF3N6O. The van der Waals surface area contributed by atoms with Gasteiger partial charge in [0.15, 0.2) is 0 Å². The summed E-state index contributed by atoms with van der Waals surface area (Å²) in [5, 5.41) is 3.19. The van der Waals surface area contributed by atoms with E-state index >= 15 is 0 Å². The van der Waals surface area contributed by atoms with E-state index in [0.717, 1.165) is 11.6 Å². The smallest absolute Gasteiger partial charge is 0.335 e. The van der Waals surface area contributed by atoms with Crippen LogP contribution in [-0.4, -0.2) is 45.1 Å². The van der Waals surface area contributed by atoms with Gasteiger partial charge in [-0.1, -0.05) is 35.9 Å². The van der Waals surface area contributed by atoms with Gasteiger partial charge in [-0.25, -0.2) is 15.0 Å². The Labute approximate surface area is 232 Å². The molecule has 0 radical (unpaired) electrons. The van der Waals surface area contributed by atoms with Gasteiger partial charge in [0.25, 0.3) is 5.91 Å². The van der Waals surface area contributed by atoms with Crippen molar-refractivity contribution in [3.8, 4) is 0 Å². The first-order valence-electron chi connectivity index (χ1n) is 12.5. The molecule has 11 heteroatoms. The summed E-state index contributed by atoms with van der Waals surface area (Å²) >= 11 is 6.28. The van der Waals surface area contributed by atoms with E-state index in [1.54, 1.807) is 41.4 Å². The zero-order valence-corrected chi connectivity index (χ0v) is 21.7. The summed E-state index contributed by atoms with van der Waals surface area (Å²) in [7, 11) is 0. The van der Waals surface area contributed by atoms with Gasteiger partial charge in [-0.15, -0.1) is 0 Å². The molecular weight excluding hydrogens is 541 g/mol. The lowest BCUT2D eigenvalue weighted by atomic mass is 9.83. The van der Waals surface area contributed by atoms with Crippen molar-refractivity contribution in [2.45, 2.75) is 18.6 Å². The van der Waals surface area contributed by atoms with Crippen LogP contribution in [0.1, 0.15) is 32.7 Å². The number of halogens is 4. The summed E-state index contributed by atoms with van der Waals surface area (Å²) in [6.07, 6.45) is 2.35. The number of hydrogen-bond donors (Lipinski definition) is 2. The average molecular weight is 563 g/mol. The van der Waals surface area contributed by atoms with Gasteiger partial charge in [0.1, 0.15) is 5.17 Å². The quantitative estimate of drug-likeness (QED) is 0.433. The zero-order valence-electron chi connectivity index (χ0n) is 20.9. The van der Waals surface area contributed by atoms with Crippen LogP contribution in [0, 0.1) is 0 Å². The van der Waals surface area contributed by atoms with Crippen LogP contribution in [0.2, 0.25) is 0 Å². The number of aliphatic imine (C=N–C) groups is 1. The molecule has 2 aliphatic heterocycles. The van der Waals surface area contributed by atoms with Crippen LogP contribution >= 0.6 is 11.6 Å². The van der Waals surface area contributed by atoms with Crippen LogP contribution in [0.5, 0.6) is 0 Å². The SMILES string of the molecule is NC1CN(C(=O)c2ccc(Nc3ncc4c(n3)C3=CN=C(Cl)C=C(c5ccccc5C(F)(F)F)C3=CC4)cc2)C1. The van der Waals surface area contributed by atoms with Gasteiger partial charge >= 0.3 is 6.18 Å². The fourth-order valence-electron chi connectivity index (χ4n) is 4.92. The highest BCUT2D eigenvalue weighted by Crippen LogP contribution is 2.44. The highest BCUT2D eigenvalue weighted by molar-refractivity contribution is 6.69. The summed E-state index contributed by atoms with van der Waals surface area (Å²) in [5.41, 5.74) is 8.99. The van der Waals surface area contributed by atoms with E-state index in [2.05, 4.69) is 15.3 Å². The molecule has 1 aromatic heterocycles. The zero-order chi connectivity index (χ0) is 28.0. The van der Waals surface area contributed by atoms with Crippen molar-refractivity contribution in [3.63, 3.8) is 0 Å². The molecule has 40 heavy (non-hydrogen) atoms. The number of hydrogen-bond acceptors (Lipinski definition) is 6. The van der Waals surface area contributed by atoms with Crippen molar-refractivity contribution in [3.05, 3.63) is 107 Å². The van der Waals surface area contributed by atoms with E-state index in [4.69, 9.17) is 22.3 Å². The third kappa shape index (κ3) is 4.91. The van der Waals surface area contributed by atoms with Crippen LogP contribution in [0.3, 0.4) is 0 Å². The van der Waals surface area contributed by atoms with Crippen LogP contribution in [0.25, 0.3) is 11.1 Å². The third-order valence-corrected chi connectivity index (χ3v) is 7.12. The molecule has 0 bridgehead atoms. The van der Waals surface area contributed by atoms with E-state index in [-0.39, 0.29) is 28.6 Å². The Morgan fingerprint density at radius 2 is 1.80 bits per heavy atom. The first kappa shape index (κ1) is 26.0. The minimum atomic E-state index is -4.55. The van der Waals surface area contributed by atoms with Gasteiger partial charge in [0.05, 0.1) is 11.3 Å². The monoisotopic (exact) mass is 562 g/mol. The summed E-state index contributed by atoms with van der Waals surface area (Å²) in [6, 6.07) is 12.4. The van der Waals surface area contributed by atoms with E-state index in [0.29, 0.717) is 53.2 Å². The Bertz CT molecular complexity index is 1640. The van der Waals surface area contributed by atoms with Crippen LogP contribution < -0.4 is 11.1 Å². The summed E-state index contributed by atoms with van der Waals surface area (Å²) in [6.45, 7) is 1.09. The van der Waals surface area contributed by atoms with Gasteiger partial charge in [-0.3, -0.25) is 4.79 Å². The molecule has 3 N–H and O–H groups in total. The average Bonchev–Trinajstić information content (AvgIpc) is 3.09. The van der Waals surface area contributed by atoms with E-state index in [9.17, 15) is 18.0 Å². The van der Waals surface area contributed by atoms with Gasteiger partial charge in [-0.05, 0) is 59.5 Å². The Hall–Kier alpha value is -4.28. The van der Waals surface area contributed by atoms with E-state index in [1.165, 1.54) is 24.4 Å². The summed E-state index contributed by atoms with van der Waals surface area (Å²) in [5.74, 6) is 0.210. The second kappa shape index (κ2) is 10.0.